The van der Waals surface area contributed by atoms with Crippen molar-refractivity contribution in [3.63, 3.8) is 0 Å². The summed E-state index contributed by atoms with van der Waals surface area (Å²) in [6, 6.07) is 0. The lowest BCUT2D eigenvalue weighted by Gasteiger charge is -2.05. The van der Waals surface area contributed by atoms with Gasteiger partial charge in [-0.1, -0.05) is 18.2 Å². The molecule has 0 radical (unpaired) electrons. The van der Waals surface area contributed by atoms with Crippen LogP contribution in [0.25, 0.3) is 6.08 Å². The molecule has 1 aromatic heterocycles. The minimum Gasteiger partial charge on any atom is -0.384 e. The topological polar surface area (TPSA) is 37.8 Å². The Kier molecular flexibility index (Phi) is 2.89. The van der Waals surface area contributed by atoms with E-state index in [1.54, 1.807) is 13.1 Å². The quantitative estimate of drug-likeness (QED) is 0.593. The highest BCUT2D eigenvalue weighted by Gasteiger charge is 2.07. The van der Waals surface area contributed by atoms with Crippen LogP contribution in [0.5, 0.6) is 0 Å². The summed E-state index contributed by atoms with van der Waals surface area (Å²) in [5.74, 6) is 0. The number of hydrogen-bond acceptors (Lipinski definition) is 3. The Hall–Kier alpha value is -0.800. The standard InChI is InChI=1S/C7H7Cl2N3/c1-3-4-5(10-2)6(8)12-7(9)11-4/h3,10H,1H2,2H3. The van der Waals surface area contributed by atoms with E-state index in [0.29, 0.717) is 16.5 Å². The molecule has 0 aliphatic rings. The third-order valence-electron chi connectivity index (χ3n) is 1.31. The summed E-state index contributed by atoms with van der Waals surface area (Å²) >= 11 is 11.3. The number of aromatic nitrogens is 2. The van der Waals surface area contributed by atoms with Gasteiger partial charge in [-0.15, -0.1) is 0 Å². The molecule has 0 unspecified atom stereocenters. The van der Waals surface area contributed by atoms with E-state index >= 15 is 0 Å². The van der Waals surface area contributed by atoms with Gasteiger partial charge >= 0.3 is 0 Å². The fraction of sp³-hybridized carbons (Fsp3) is 0.143. The molecule has 0 fully saturated rings. The van der Waals surface area contributed by atoms with Crippen LogP contribution >= 0.6 is 23.2 Å². The normalized spacial score (nSPS) is 9.58. The van der Waals surface area contributed by atoms with Crippen molar-refractivity contribution in [3.05, 3.63) is 22.7 Å². The molecule has 0 saturated heterocycles. The second kappa shape index (κ2) is 3.74. The van der Waals surface area contributed by atoms with Crippen molar-refractivity contribution in [2.24, 2.45) is 0 Å². The third-order valence-corrected chi connectivity index (χ3v) is 1.75. The van der Waals surface area contributed by atoms with E-state index in [4.69, 9.17) is 23.2 Å². The van der Waals surface area contributed by atoms with E-state index in [1.807, 2.05) is 0 Å². The average molecular weight is 204 g/mol. The van der Waals surface area contributed by atoms with E-state index in [9.17, 15) is 0 Å². The smallest absolute Gasteiger partial charge is 0.224 e. The molecule has 3 nitrogen and oxygen atoms in total. The Balaban J connectivity index is 3.33. The first-order chi connectivity index (χ1) is 5.69. The summed E-state index contributed by atoms with van der Waals surface area (Å²) in [6.45, 7) is 3.57. The monoisotopic (exact) mass is 203 g/mol. The fourth-order valence-corrected chi connectivity index (χ4v) is 1.29. The van der Waals surface area contributed by atoms with E-state index in [-0.39, 0.29) is 5.28 Å². The molecule has 0 amide bonds. The molecule has 1 N–H and O–H groups in total. The summed E-state index contributed by atoms with van der Waals surface area (Å²) in [4.78, 5) is 7.68. The Bertz CT molecular complexity index is 312. The Labute approximate surface area is 80.4 Å². The van der Waals surface area contributed by atoms with Crippen molar-refractivity contribution in [2.75, 3.05) is 12.4 Å². The maximum atomic E-state index is 5.77. The van der Waals surface area contributed by atoms with Gasteiger partial charge in [0.15, 0.2) is 5.15 Å². The molecule has 0 aliphatic carbocycles. The first-order valence-electron chi connectivity index (χ1n) is 3.22. The lowest BCUT2D eigenvalue weighted by atomic mass is 10.3. The van der Waals surface area contributed by atoms with E-state index in [0.717, 1.165) is 0 Å². The predicted molar refractivity (Wildman–Crippen MR) is 51.7 cm³/mol. The van der Waals surface area contributed by atoms with Gasteiger partial charge in [-0.2, -0.15) is 0 Å². The van der Waals surface area contributed by atoms with Gasteiger partial charge in [0, 0.05) is 7.05 Å². The van der Waals surface area contributed by atoms with E-state index < -0.39 is 0 Å². The van der Waals surface area contributed by atoms with Crippen molar-refractivity contribution >= 4 is 35.0 Å². The van der Waals surface area contributed by atoms with Crippen LogP contribution in [-0.4, -0.2) is 17.0 Å². The SMILES string of the molecule is C=Cc1nc(Cl)nc(Cl)c1NC. The van der Waals surface area contributed by atoms with E-state index in [1.165, 1.54) is 0 Å². The van der Waals surface area contributed by atoms with Crippen molar-refractivity contribution in [1.82, 2.24) is 9.97 Å². The zero-order chi connectivity index (χ0) is 9.14. The first-order valence-corrected chi connectivity index (χ1v) is 3.98. The third kappa shape index (κ3) is 1.68. The van der Waals surface area contributed by atoms with Crippen molar-refractivity contribution in [3.8, 4) is 0 Å². The van der Waals surface area contributed by atoms with Crippen LogP contribution in [0.15, 0.2) is 6.58 Å². The van der Waals surface area contributed by atoms with Crippen LogP contribution in [0.3, 0.4) is 0 Å². The zero-order valence-electron chi connectivity index (χ0n) is 6.43. The van der Waals surface area contributed by atoms with Crippen LogP contribution in [0.2, 0.25) is 10.4 Å². The molecule has 0 saturated carbocycles. The molecule has 12 heavy (non-hydrogen) atoms. The molecule has 64 valence electrons. The highest BCUT2D eigenvalue weighted by molar-refractivity contribution is 6.34. The van der Waals surface area contributed by atoms with Gasteiger partial charge in [-0.25, -0.2) is 9.97 Å². The predicted octanol–water partition coefficient (Wildman–Crippen LogP) is 2.47. The van der Waals surface area contributed by atoms with Gasteiger partial charge in [0.1, 0.15) is 0 Å². The first kappa shape index (κ1) is 9.29. The molecule has 0 spiro atoms. The molecular formula is C7H7Cl2N3. The van der Waals surface area contributed by atoms with Crippen LogP contribution < -0.4 is 5.32 Å². The number of halogens is 2. The largest absolute Gasteiger partial charge is 0.384 e. The van der Waals surface area contributed by atoms with Gasteiger partial charge in [-0.3, -0.25) is 0 Å². The molecular weight excluding hydrogens is 197 g/mol. The lowest BCUT2D eigenvalue weighted by Crippen LogP contribution is -1.98. The number of anilines is 1. The Morgan fingerprint density at radius 1 is 1.42 bits per heavy atom. The van der Waals surface area contributed by atoms with Gasteiger partial charge in [0.25, 0.3) is 0 Å². The molecule has 5 heteroatoms. The van der Waals surface area contributed by atoms with Gasteiger partial charge in [0.05, 0.1) is 11.4 Å². The lowest BCUT2D eigenvalue weighted by molar-refractivity contribution is 1.15. The van der Waals surface area contributed by atoms with Crippen LogP contribution in [0.4, 0.5) is 5.69 Å². The maximum Gasteiger partial charge on any atom is 0.224 e. The Morgan fingerprint density at radius 2 is 2.08 bits per heavy atom. The van der Waals surface area contributed by atoms with E-state index in [2.05, 4.69) is 21.9 Å². The number of rotatable bonds is 2. The summed E-state index contributed by atoms with van der Waals surface area (Å²) in [7, 11) is 1.73. The van der Waals surface area contributed by atoms with Gasteiger partial charge in [-0.05, 0) is 17.7 Å². The molecule has 0 atom stereocenters. The van der Waals surface area contributed by atoms with Crippen molar-refractivity contribution < 1.29 is 0 Å². The highest BCUT2D eigenvalue weighted by atomic mass is 35.5. The van der Waals surface area contributed by atoms with Crippen LogP contribution in [0, 0.1) is 0 Å². The minimum atomic E-state index is 0.119. The summed E-state index contributed by atoms with van der Waals surface area (Å²) in [5, 5.41) is 3.27. The van der Waals surface area contributed by atoms with Crippen molar-refractivity contribution in [2.45, 2.75) is 0 Å². The summed E-state index contributed by atoms with van der Waals surface area (Å²) < 4.78 is 0. The summed E-state index contributed by atoms with van der Waals surface area (Å²) in [6.07, 6.45) is 1.56. The zero-order valence-corrected chi connectivity index (χ0v) is 7.95. The van der Waals surface area contributed by atoms with Gasteiger partial charge in [0.2, 0.25) is 5.28 Å². The molecule has 1 aromatic rings. The van der Waals surface area contributed by atoms with Crippen molar-refractivity contribution in [1.29, 1.82) is 0 Å². The Morgan fingerprint density at radius 3 is 2.58 bits per heavy atom. The highest BCUT2D eigenvalue weighted by Crippen LogP contribution is 2.24. The summed E-state index contributed by atoms with van der Waals surface area (Å²) in [5.41, 5.74) is 1.23. The fourth-order valence-electron chi connectivity index (χ4n) is 0.802. The van der Waals surface area contributed by atoms with Crippen LogP contribution in [-0.2, 0) is 0 Å². The van der Waals surface area contributed by atoms with Gasteiger partial charge < -0.3 is 5.32 Å². The molecule has 0 aliphatic heterocycles. The average Bonchev–Trinajstić information content (AvgIpc) is 2.03. The van der Waals surface area contributed by atoms with Crippen LogP contribution in [0.1, 0.15) is 5.69 Å². The number of hydrogen-bond donors (Lipinski definition) is 1. The molecule has 0 aromatic carbocycles. The minimum absolute atomic E-state index is 0.119. The number of nitrogens with one attached hydrogen (secondary N) is 1. The maximum absolute atomic E-state index is 5.77. The second-order valence-corrected chi connectivity index (χ2v) is 2.69. The second-order valence-electron chi connectivity index (χ2n) is 2.00. The molecule has 1 heterocycles. The number of nitrogens with zero attached hydrogens (tertiary/aromatic N) is 2. The molecule has 1 rings (SSSR count). The molecule has 0 bridgehead atoms.